The largest absolute Gasteiger partial charge is 0.409 e. The fourth-order valence-electron chi connectivity index (χ4n) is 2.26. The number of hydrogen-bond acceptors (Lipinski definition) is 4. The van der Waals surface area contributed by atoms with E-state index >= 15 is 0 Å². The van der Waals surface area contributed by atoms with E-state index in [-0.39, 0.29) is 6.04 Å². The summed E-state index contributed by atoms with van der Waals surface area (Å²) in [5, 5.41) is 11.9. The number of amidine groups is 1. The maximum atomic E-state index is 8.77. The van der Waals surface area contributed by atoms with Crippen LogP contribution in [-0.4, -0.2) is 40.5 Å². The van der Waals surface area contributed by atoms with E-state index < -0.39 is 0 Å². The molecule has 4 nitrogen and oxygen atoms in total. The Balaban J connectivity index is 2.16. The van der Waals surface area contributed by atoms with Gasteiger partial charge in [0.1, 0.15) is 5.84 Å². The predicted octanol–water partition coefficient (Wildman–Crippen LogP) is 1.91. The van der Waals surface area contributed by atoms with E-state index in [9.17, 15) is 0 Å². The predicted molar refractivity (Wildman–Crippen MR) is 76.1 cm³/mol. The highest BCUT2D eigenvalue weighted by Crippen LogP contribution is 2.26. The second-order valence-corrected chi connectivity index (χ2v) is 5.60. The van der Waals surface area contributed by atoms with Gasteiger partial charge in [0.05, 0.1) is 0 Å². The summed E-state index contributed by atoms with van der Waals surface area (Å²) in [6, 6.07) is 10.5. The van der Waals surface area contributed by atoms with Crippen LogP contribution in [-0.2, 0) is 0 Å². The molecule has 0 bridgehead atoms. The highest BCUT2D eigenvalue weighted by atomic mass is 32.2. The van der Waals surface area contributed by atoms with Gasteiger partial charge >= 0.3 is 0 Å². The smallest absolute Gasteiger partial charge is 0.141 e. The minimum absolute atomic E-state index is 0.211. The zero-order chi connectivity index (χ0) is 12.8. The van der Waals surface area contributed by atoms with Gasteiger partial charge < -0.3 is 10.9 Å². The normalized spacial score (nSPS) is 19.7. The average molecular weight is 265 g/mol. The third-order valence-electron chi connectivity index (χ3n) is 3.20. The van der Waals surface area contributed by atoms with E-state index in [1.165, 1.54) is 5.56 Å². The zero-order valence-corrected chi connectivity index (χ0v) is 11.1. The van der Waals surface area contributed by atoms with E-state index in [1.807, 2.05) is 30.0 Å². The monoisotopic (exact) mass is 265 g/mol. The molecule has 18 heavy (non-hydrogen) atoms. The molecule has 1 aromatic carbocycles. The van der Waals surface area contributed by atoms with Crippen molar-refractivity contribution in [3.63, 3.8) is 0 Å². The number of hydrogen-bond donors (Lipinski definition) is 2. The molecule has 1 atom stereocenters. The van der Waals surface area contributed by atoms with Crippen LogP contribution in [0, 0.1) is 0 Å². The average Bonchev–Trinajstić information content (AvgIpc) is 2.46. The van der Waals surface area contributed by atoms with Crippen LogP contribution in [0.3, 0.4) is 0 Å². The molecule has 3 N–H and O–H groups in total. The standard InChI is InChI=1S/C13H19N3OS/c14-13(15-17)10-12(11-4-2-1-3-5-11)16-6-8-18-9-7-16/h1-5,12,17H,6-10H2,(H2,14,15). The lowest BCUT2D eigenvalue weighted by molar-refractivity contribution is 0.220. The molecule has 0 aromatic heterocycles. The first-order valence-electron chi connectivity index (χ1n) is 6.14. The van der Waals surface area contributed by atoms with Gasteiger partial charge in [-0.1, -0.05) is 35.5 Å². The molecule has 1 heterocycles. The number of thioether (sulfide) groups is 1. The van der Waals surface area contributed by atoms with Crippen molar-refractivity contribution < 1.29 is 5.21 Å². The Hall–Kier alpha value is -1.20. The molecule has 1 aromatic rings. The van der Waals surface area contributed by atoms with Crippen LogP contribution in [0.2, 0.25) is 0 Å². The van der Waals surface area contributed by atoms with Crippen molar-refractivity contribution in [2.75, 3.05) is 24.6 Å². The van der Waals surface area contributed by atoms with Crippen molar-refractivity contribution in [2.45, 2.75) is 12.5 Å². The minimum atomic E-state index is 0.211. The summed E-state index contributed by atoms with van der Waals surface area (Å²) in [7, 11) is 0. The molecule has 1 saturated heterocycles. The van der Waals surface area contributed by atoms with E-state index in [1.54, 1.807) is 0 Å². The van der Waals surface area contributed by atoms with Crippen molar-refractivity contribution in [2.24, 2.45) is 10.9 Å². The zero-order valence-electron chi connectivity index (χ0n) is 10.3. The lowest BCUT2D eigenvalue weighted by Crippen LogP contribution is -2.38. The molecular weight excluding hydrogens is 246 g/mol. The fourth-order valence-corrected chi connectivity index (χ4v) is 3.19. The fraction of sp³-hybridized carbons (Fsp3) is 0.462. The molecule has 0 aliphatic carbocycles. The van der Waals surface area contributed by atoms with E-state index in [0.29, 0.717) is 12.3 Å². The number of oxime groups is 1. The summed E-state index contributed by atoms with van der Waals surface area (Å²) in [5.74, 6) is 2.60. The SMILES string of the molecule is N/C(CC(c1ccccc1)N1CCSCC1)=N\O. The van der Waals surface area contributed by atoms with Gasteiger partial charge in [0.2, 0.25) is 0 Å². The third-order valence-corrected chi connectivity index (χ3v) is 4.14. The number of rotatable bonds is 4. The van der Waals surface area contributed by atoms with Crippen molar-refractivity contribution in [3.8, 4) is 0 Å². The molecule has 5 heteroatoms. The van der Waals surface area contributed by atoms with E-state index in [0.717, 1.165) is 24.6 Å². The first-order valence-corrected chi connectivity index (χ1v) is 7.30. The Bertz CT molecular complexity index is 390. The molecule has 0 radical (unpaired) electrons. The summed E-state index contributed by atoms with van der Waals surface area (Å²) >= 11 is 1.98. The van der Waals surface area contributed by atoms with Gasteiger partial charge in [0.25, 0.3) is 0 Å². The Kier molecular flexibility index (Phi) is 4.90. The number of nitrogens with zero attached hydrogens (tertiary/aromatic N) is 2. The van der Waals surface area contributed by atoms with Crippen LogP contribution in [0.15, 0.2) is 35.5 Å². The van der Waals surface area contributed by atoms with Crippen molar-refractivity contribution in [3.05, 3.63) is 35.9 Å². The van der Waals surface area contributed by atoms with Crippen molar-refractivity contribution in [1.29, 1.82) is 0 Å². The number of nitrogens with two attached hydrogens (primary N) is 1. The highest BCUT2D eigenvalue weighted by molar-refractivity contribution is 7.99. The molecule has 1 aliphatic heterocycles. The van der Waals surface area contributed by atoms with Crippen molar-refractivity contribution in [1.82, 2.24) is 4.90 Å². The first kappa shape index (κ1) is 13.2. The van der Waals surface area contributed by atoms with Gasteiger partial charge in [-0.15, -0.1) is 0 Å². The first-order chi connectivity index (χ1) is 8.81. The lowest BCUT2D eigenvalue weighted by Gasteiger charge is -2.34. The Morgan fingerprint density at radius 1 is 1.33 bits per heavy atom. The Morgan fingerprint density at radius 3 is 2.61 bits per heavy atom. The van der Waals surface area contributed by atoms with Crippen molar-refractivity contribution >= 4 is 17.6 Å². The molecule has 0 saturated carbocycles. The van der Waals surface area contributed by atoms with Crippen LogP contribution in [0.4, 0.5) is 0 Å². The molecule has 1 aliphatic rings. The van der Waals surface area contributed by atoms with Crippen LogP contribution < -0.4 is 5.73 Å². The van der Waals surface area contributed by atoms with Crippen LogP contribution in [0.1, 0.15) is 18.0 Å². The van der Waals surface area contributed by atoms with Crippen LogP contribution in [0.25, 0.3) is 0 Å². The van der Waals surface area contributed by atoms with Gasteiger partial charge in [-0.25, -0.2) is 0 Å². The van der Waals surface area contributed by atoms with E-state index in [4.69, 9.17) is 10.9 Å². The lowest BCUT2D eigenvalue weighted by atomic mass is 10.0. The second kappa shape index (κ2) is 6.66. The molecule has 1 unspecified atom stereocenters. The highest BCUT2D eigenvalue weighted by Gasteiger charge is 2.23. The molecular formula is C13H19N3OS. The second-order valence-electron chi connectivity index (χ2n) is 4.37. The number of benzene rings is 1. The summed E-state index contributed by atoms with van der Waals surface area (Å²) < 4.78 is 0. The molecule has 98 valence electrons. The minimum Gasteiger partial charge on any atom is -0.409 e. The van der Waals surface area contributed by atoms with Gasteiger partial charge in [-0.3, -0.25) is 4.90 Å². The molecule has 0 amide bonds. The Morgan fingerprint density at radius 2 is 2.00 bits per heavy atom. The van der Waals surface area contributed by atoms with Gasteiger partial charge in [0, 0.05) is 37.1 Å². The summed E-state index contributed by atoms with van der Waals surface area (Å²) in [4.78, 5) is 2.42. The maximum absolute atomic E-state index is 8.77. The summed E-state index contributed by atoms with van der Waals surface area (Å²) in [6.45, 7) is 2.12. The molecule has 0 spiro atoms. The topological polar surface area (TPSA) is 61.8 Å². The molecule has 1 fully saturated rings. The van der Waals surface area contributed by atoms with Crippen LogP contribution >= 0.6 is 11.8 Å². The molecule has 2 rings (SSSR count). The van der Waals surface area contributed by atoms with Crippen LogP contribution in [0.5, 0.6) is 0 Å². The summed E-state index contributed by atoms with van der Waals surface area (Å²) in [5.41, 5.74) is 6.92. The van der Waals surface area contributed by atoms with Gasteiger partial charge in [-0.2, -0.15) is 11.8 Å². The quantitative estimate of drug-likeness (QED) is 0.378. The van der Waals surface area contributed by atoms with Gasteiger partial charge in [-0.05, 0) is 5.56 Å². The maximum Gasteiger partial charge on any atom is 0.141 e. The summed E-state index contributed by atoms with van der Waals surface area (Å²) in [6.07, 6.45) is 0.575. The third kappa shape index (κ3) is 3.40. The Labute approximate surface area is 112 Å². The van der Waals surface area contributed by atoms with E-state index in [2.05, 4.69) is 22.2 Å². The van der Waals surface area contributed by atoms with Gasteiger partial charge in [0.15, 0.2) is 0 Å².